The quantitative estimate of drug-likeness (QED) is 0.791. The minimum absolute atomic E-state index is 0.0224. The van der Waals surface area contributed by atoms with Crippen LogP contribution < -0.4 is 4.90 Å². The van der Waals surface area contributed by atoms with Crippen molar-refractivity contribution in [2.75, 3.05) is 49.9 Å². The second-order valence-electron chi connectivity index (χ2n) is 6.86. The Bertz CT molecular complexity index is 748. The van der Waals surface area contributed by atoms with E-state index in [0.717, 1.165) is 6.42 Å². The van der Waals surface area contributed by atoms with Gasteiger partial charge in [-0.1, -0.05) is 12.1 Å². The smallest absolute Gasteiger partial charge is 0.227 e. The molecule has 2 fully saturated rings. The second kappa shape index (κ2) is 7.92. The van der Waals surface area contributed by atoms with Gasteiger partial charge in [0.25, 0.3) is 0 Å². The molecule has 0 aliphatic carbocycles. The highest BCUT2D eigenvalue weighted by molar-refractivity contribution is 7.89. The predicted octanol–water partition coefficient (Wildman–Crippen LogP) is 1.54. The highest BCUT2D eigenvalue weighted by Crippen LogP contribution is 2.24. The lowest BCUT2D eigenvalue weighted by atomic mass is 9.97. The number of piperazine rings is 1. The predicted molar refractivity (Wildman–Crippen MR) is 99.0 cm³/mol. The molecule has 0 bridgehead atoms. The molecule has 2 saturated heterocycles. The van der Waals surface area contributed by atoms with Gasteiger partial charge in [-0.2, -0.15) is 0 Å². The second-order valence-corrected chi connectivity index (χ2v) is 9.12. The minimum Gasteiger partial charge on any atom is -0.366 e. The number of benzene rings is 1. The van der Waals surface area contributed by atoms with Gasteiger partial charge in [-0.25, -0.2) is 17.1 Å². The number of hydrogen-bond donors (Lipinski definition) is 0. The lowest BCUT2D eigenvalue weighted by molar-refractivity contribution is -0.137. The average molecular weight is 383 g/mol. The first-order valence-corrected chi connectivity index (χ1v) is 10.8. The van der Waals surface area contributed by atoms with Crippen LogP contribution in [0.15, 0.2) is 24.3 Å². The molecule has 0 aromatic heterocycles. The van der Waals surface area contributed by atoms with Crippen LogP contribution in [0.25, 0.3) is 0 Å². The van der Waals surface area contributed by atoms with Gasteiger partial charge < -0.3 is 9.80 Å². The Hall–Kier alpha value is -1.67. The number of carbonyl (C=O) groups is 1. The summed E-state index contributed by atoms with van der Waals surface area (Å²) in [6.07, 6.45) is 1.44. The Kier molecular flexibility index (Phi) is 5.82. The van der Waals surface area contributed by atoms with E-state index >= 15 is 0 Å². The maximum absolute atomic E-state index is 13.9. The highest BCUT2D eigenvalue weighted by Gasteiger charge is 2.34. The minimum atomic E-state index is -3.26. The van der Waals surface area contributed by atoms with E-state index in [4.69, 9.17) is 0 Å². The zero-order chi connectivity index (χ0) is 18.7. The molecule has 6 nitrogen and oxygen atoms in total. The number of carbonyl (C=O) groups excluding carboxylic acids is 1. The maximum Gasteiger partial charge on any atom is 0.227 e. The third kappa shape index (κ3) is 4.01. The van der Waals surface area contributed by atoms with E-state index in [-0.39, 0.29) is 29.9 Å². The fraction of sp³-hybridized carbons (Fsp3) is 0.611. The van der Waals surface area contributed by atoms with Gasteiger partial charge in [-0.3, -0.25) is 4.79 Å². The Morgan fingerprint density at radius 1 is 1.15 bits per heavy atom. The van der Waals surface area contributed by atoms with E-state index in [0.29, 0.717) is 44.8 Å². The Labute approximate surface area is 154 Å². The number of sulfonamides is 1. The van der Waals surface area contributed by atoms with Crippen LogP contribution in [-0.2, 0) is 14.8 Å². The highest BCUT2D eigenvalue weighted by atomic mass is 32.2. The number of hydrogen-bond acceptors (Lipinski definition) is 4. The topological polar surface area (TPSA) is 60.9 Å². The summed E-state index contributed by atoms with van der Waals surface area (Å²) in [5.74, 6) is -0.436. The summed E-state index contributed by atoms with van der Waals surface area (Å²) in [5, 5.41) is 0. The van der Waals surface area contributed by atoms with E-state index in [9.17, 15) is 17.6 Å². The van der Waals surface area contributed by atoms with Gasteiger partial charge in [0.15, 0.2) is 0 Å². The Morgan fingerprint density at radius 3 is 2.50 bits per heavy atom. The summed E-state index contributed by atoms with van der Waals surface area (Å²) in [7, 11) is -3.26. The van der Waals surface area contributed by atoms with Crippen LogP contribution in [0.1, 0.15) is 19.8 Å². The maximum atomic E-state index is 13.9. The monoisotopic (exact) mass is 383 g/mol. The van der Waals surface area contributed by atoms with Crippen molar-refractivity contribution in [3.05, 3.63) is 30.1 Å². The molecule has 3 rings (SSSR count). The molecular weight excluding hydrogens is 357 g/mol. The first-order valence-electron chi connectivity index (χ1n) is 9.18. The van der Waals surface area contributed by atoms with Crippen LogP contribution in [0.2, 0.25) is 0 Å². The number of rotatable bonds is 4. The van der Waals surface area contributed by atoms with E-state index in [1.807, 2.05) is 4.90 Å². The van der Waals surface area contributed by atoms with Crippen molar-refractivity contribution in [3.8, 4) is 0 Å². The van der Waals surface area contributed by atoms with Gasteiger partial charge in [0.2, 0.25) is 15.9 Å². The van der Waals surface area contributed by atoms with Gasteiger partial charge in [-0.05, 0) is 31.9 Å². The van der Waals surface area contributed by atoms with E-state index in [2.05, 4.69) is 0 Å². The fourth-order valence-corrected chi connectivity index (χ4v) is 4.89. The first kappa shape index (κ1) is 19.1. The number of amides is 1. The van der Waals surface area contributed by atoms with Crippen LogP contribution in [0.3, 0.4) is 0 Å². The molecule has 8 heteroatoms. The average Bonchev–Trinajstić information content (AvgIpc) is 2.68. The van der Waals surface area contributed by atoms with Crippen molar-refractivity contribution in [1.82, 2.24) is 9.21 Å². The van der Waals surface area contributed by atoms with E-state index in [1.165, 1.54) is 10.4 Å². The van der Waals surface area contributed by atoms with Gasteiger partial charge in [0.05, 0.1) is 17.4 Å². The summed E-state index contributed by atoms with van der Waals surface area (Å²) in [4.78, 5) is 16.6. The van der Waals surface area contributed by atoms with Crippen molar-refractivity contribution >= 4 is 21.6 Å². The van der Waals surface area contributed by atoms with Crippen molar-refractivity contribution in [1.29, 1.82) is 0 Å². The zero-order valence-electron chi connectivity index (χ0n) is 15.1. The lowest BCUT2D eigenvalue weighted by Crippen LogP contribution is -2.53. The van der Waals surface area contributed by atoms with Crippen molar-refractivity contribution in [3.63, 3.8) is 0 Å². The standard InChI is InChI=1S/C18H26FN3O3S/c1-2-26(24,25)22-9-5-6-15(14-22)18(23)21-12-10-20(11-13-21)17-8-4-3-7-16(17)19/h3-4,7-8,15H,2,5-6,9-14H2,1H3/t15-/m1/s1. The van der Waals surface area contributed by atoms with Crippen molar-refractivity contribution < 1.29 is 17.6 Å². The molecule has 0 radical (unpaired) electrons. The number of halogens is 1. The zero-order valence-corrected chi connectivity index (χ0v) is 15.9. The summed E-state index contributed by atoms with van der Waals surface area (Å²) in [6, 6.07) is 6.66. The molecular formula is C18H26FN3O3S. The number of nitrogens with zero attached hydrogens (tertiary/aromatic N) is 3. The van der Waals surface area contributed by atoms with Crippen LogP contribution >= 0.6 is 0 Å². The Balaban J connectivity index is 1.59. The molecule has 144 valence electrons. The summed E-state index contributed by atoms with van der Waals surface area (Å²) >= 11 is 0. The third-order valence-corrected chi connectivity index (χ3v) is 7.12. The first-order chi connectivity index (χ1) is 12.4. The SMILES string of the molecule is CCS(=O)(=O)N1CCC[C@@H](C(=O)N2CCN(c3ccccc3F)CC2)C1. The molecule has 1 amide bonds. The molecule has 1 atom stereocenters. The van der Waals surface area contributed by atoms with Gasteiger partial charge in [0.1, 0.15) is 5.82 Å². The molecule has 1 aromatic rings. The van der Waals surface area contributed by atoms with Crippen LogP contribution in [0.4, 0.5) is 10.1 Å². The molecule has 0 saturated carbocycles. The molecule has 0 unspecified atom stereocenters. The van der Waals surface area contributed by atoms with Crippen LogP contribution in [0, 0.1) is 11.7 Å². The fourth-order valence-electron chi connectivity index (χ4n) is 3.71. The number of para-hydroxylation sites is 1. The van der Waals surface area contributed by atoms with Crippen LogP contribution in [-0.4, -0.2) is 68.6 Å². The molecule has 0 N–H and O–H groups in total. The molecule has 1 aromatic carbocycles. The van der Waals surface area contributed by atoms with E-state index in [1.54, 1.807) is 30.0 Å². The van der Waals surface area contributed by atoms with Gasteiger partial charge in [0, 0.05) is 39.3 Å². The van der Waals surface area contributed by atoms with Crippen molar-refractivity contribution in [2.45, 2.75) is 19.8 Å². The molecule has 2 aliphatic heterocycles. The lowest BCUT2D eigenvalue weighted by Gasteiger charge is -2.39. The van der Waals surface area contributed by atoms with Crippen LogP contribution in [0.5, 0.6) is 0 Å². The summed E-state index contributed by atoms with van der Waals surface area (Å²) in [6.45, 7) is 4.63. The summed E-state index contributed by atoms with van der Waals surface area (Å²) < 4.78 is 39.6. The normalized spacial score (nSPS) is 22.5. The van der Waals surface area contributed by atoms with E-state index < -0.39 is 10.0 Å². The van der Waals surface area contributed by atoms with Crippen molar-refractivity contribution in [2.24, 2.45) is 5.92 Å². The molecule has 2 aliphatic rings. The van der Waals surface area contributed by atoms with Gasteiger partial charge >= 0.3 is 0 Å². The summed E-state index contributed by atoms with van der Waals surface area (Å²) in [5.41, 5.74) is 0.567. The Morgan fingerprint density at radius 2 is 1.85 bits per heavy atom. The number of piperidine rings is 1. The number of anilines is 1. The molecule has 26 heavy (non-hydrogen) atoms. The molecule has 0 spiro atoms. The van der Waals surface area contributed by atoms with Gasteiger partial charge in [-0.15, -0.1) is 0 Å². The third-order valence-electron chi connectivity index (χ3n) is 5.28. The molecule has 2 heterocycles. The largest absolute Gasteiger partial charge is 0.366 e.